The van der Waals surface area contributed by atoms with Crippen LogP contribution in [0.3, 0.4) is 0 Å². The van der Waals surface area contributed by atoms with Gasteiger partial charge in [0, 0.05) is 18.9 Å². The highest BCUT2D eigenvalue weighted by atomic mass is 16.4. The summed E-state index contributed by atoms with van der Waals surface area (Å²) in [5, 5.41) is 9.52. The number of imidazole rings is 2. The zero-order chi connectivity index (χ0) is 20.5. The van der Waals surface area contributed by atoms with Crippen LogP contribution in [0.25, 0.3) is 27.8 Å². The fraction of sp³-hybridized carbons (Fsp3) is 0.0417. The van der Waals surface area contributed by atoms with Gasteiger partial charge in [-0.1, -0.05) is 42.5 Å². The number of aromatic nitrogens is 4. The van der Waals surface area contributed by atoms with Crippen molar-refractivity contribution in [2.75, 3.05) is 0 Å². The predicted molar refractivity (Wildman–Crippen MR) is 115 cm³/mol. The molecule has 0 radical (unpaired) electrons. The Kier molecular flexibility index (Phi) is 4.37. The first-order valence-corrected chi connectivity index (χ1v) is 9.54. The van der Waals surface area contributed by atoms with Crippen LogP contribution in [0, 0.1) is 0 Å². The van der Waals surface area contributed by atoms with E-state index in [9.17, 15) is 9.90 Å². The van der Waals surface area contributed by atoms with Gasteiger partial charge in [-0.2, -0.15) is 0 Å². The Morgan fingerprint density at radius 1 is 0.933 bits per heavy atom. The Labute approximate surface area is 172 Å². The van der Waals surface area contributed by atoms with Crippen LogP contribution in [-0.2, 0) is 6.54 Å². The SMILES string of the molecule is O=C(O)c1ccc(-c2ccc(Cn3cnc4ccccc43)cc2)cc1-n1ccnc1. The maximum absolute atomic E-state index is 11.6. The number of nitrogens with zero attached hydrogens (tertiary/aromatic N) is 4. The smallest absolute Gasteiger partial charge is 0.337 e. The fourth-order valence-corrected chi connectivity index (χ4v) is 3.64. The molecule has 0 saturated carbocycles. The van der Waals surface area contributed by atoms with Crippen LogP contribution in [-0.4, -0.2) is 30.2 Å². The summed E-state index contributed by atoms with van der Waals surface area (Å²) in [6.07, 6.45) is 6.84. The van der Waals surface area contributed by atoms with E-state index < -0.39 is 5.97 Å². The lowest BCUT2D eigenvalue weighted by atomic mass is 10.0. The molecule has 6 nitrogen and oxygen atoms in total. The van der Waals surface area contributed by atoms with Gasteiger partial charge in [0.25, 0.3) is 0 Å². The summed E-state index contributed by atoms with van der Waals surface area (Å²) in [7, 11) is 0. The van der Waals surface area contributed by atoms with Gasteiger partial charge < -0.3 is 14.2 Å². The van der Waals surface area contributed by atoms with Gasteiger partial charge in [0.1, 0.15) is 0 Å². The minimum atomic E-state index is -0.965. The molecule has 5 aromatic rings. The number of carboxylic acids is 1. The molecule has 0 aliphatic rings. The van der Waals surface area contributed by atoms with Crippen LogP contribution in [0.4, 0.5) is 0 Å². The second-order valence-electron chi connectivity index (χ2n) is 7.07. The summed E-state index contributed by atoms with van der Waals surface area (Å²) in [6.45, 7) is 0.735. The predicted octanol–water partition coefficient (Wildman–Crippen LogP) is 4.64. The molecule has 2 heterocycles. The van der Waals surface area contributed by atoms with Crippen molar-refractivity contribution in [3.05, 3.63) is 103 Å². The van der Waals surface area contributed by atoms with E-state index in [2.05, 4.69) is 44.9 Å². The highest BCUT2D eigenvalue weighted by Gasteiger charge is 2.13. The molecule has 0 amide bonds. The summed E-state index contributed by atoms with van der Waals surface area (Å²) in [4.78, 5) is 20.1. The molecule has 146 valence electrons. The number of benzene rings is 3. The maximum Gasteiger partial charge on any atom is 0.337 e. The van der Waals surface area contributed by atoms with Gasteiger partial charge in [-0.05, 0) is 41.0 Å². The van der Waals surface area contributed by atoms with Crippen molar-refractivity contribution in [1.82, 2.24) is 19.1 Å². The summed E-state index contributed by atoms with van der Waals surface area (Å²) in [5.74, 6) is -0.965. The first kappa shape index (κ1) is 17.9. The molecule has 30 heavy (non-hydrogen) atoms. The van der Waals surface area contributed by atoms with E-state index in [-0.39, 0.29) is 5.56 Å². The van der Waals surface area contributed by atoms with Crippen molar-refractivity contribution in [3.63, 3.8) is 0 Å². The summed E-state index contributed by atoms with van der Waals surface area (Å²) in [5.41, 5.74) is 6.05. The van der Waals surface area contributed by atoms with Crippen molar-refractivity contribution < 1.29 is 9.90 Å². The van der Waals surface area contributed by atoms with E-state index in [4.69, 9.17) is 0 Å². The van der Waals surface area contributed by atoms with Gasteiger partial charge in [-0.25, -0.2) is 14.8 Å². The van der Waals surface area contributed by atoms with Crippen molar-refractivity contribution in [2.45, 2.75) is 6.54 Å². The average molecular weight is 394 g/mol. The monoisotopic (exact) mass is 394 g/mol. The first-order valence-electron chi connectivity index (χ1n) is 9.54. The van der Waals surface area contributed by atoms with Crippen molar-refractivity contribution in [1.29, 1.82) is 0 Å². The molecule has 0 bridgehead atoms. The summed E-state index contributed by atoms with van der Waals surface area (Å²) >= 11 is 0. The summed E-state index contributed by atoms with van der Waals surface area (Å²) < 4.78 is 3.84. The number of hydrogen-bond acceptors (Lipinski definition) is 3. The van der Waals surface area contributed by atoms with Gasteiger partial charge in [0.15, 0.2) is 0 Å². The maximum atomic E-state index is 11.6. The Hall–Kier alpha value is -4.19. The number of fused-ring (bicyclic) bond motifs is 1. The third-order valence-corrected chi connectivity index (χ3v) is 5.18. The van der Waals surface area contributed by atoms with Crippen LogP contribution in [0.1, 0.15) is 15.9 Å². The quantitative estimate of drug-likeness (QED) is 0.471. The van der Waals surface area contributed by atoms with Crippen molar-refractivity contribution in [2.24, 2.45) is 0 Å². The molecular formula is C24H18N4O2. The van der Waals surface area contributed by atoms with Gasteiger partial charge in [-0.15, -0.1) is 0 Å². The molecule has 0 fully saturated rings. The van der Waals surface area contributed by atoms with E-state index >= 15 is 0 Å². The zero-order valence-electron chi connectivity index (χ0n) is 16.0. The number of aromatic carboxylic acids is 1. The minimum absolute atomic E-state index is 0.236. The van der Waals surface area contributed by atoms with E-state index in [1.807, 2.05) is 36.7 Å². The lowest BCUT2D eigenvalue weighted by Gasteiger charge is -2.11. The first-order chi connectivity index (χ1) is 14.7. The molecular weight excluding hydrogens is 376 g/mol. The van der Waals surface area contributed by atoms with Crippen LogP contribution in [0.2, 0.25) is 0 Å². The average Bonchev–Trinajstić information content (AvgIpc) is 3.45. The van der Waals surface area contributed by atoms with Crippen LogP contribution in [0.5, 0.6) is 0 Å². The Balaban J connectivity index is 1.45. The van der Waals surface area contributed by atoms with Crippen LogP contribution in [0.15, 0.2) is 91.8 Å². The number of hydrogen-bond donors (Lipinski definition) is 1. The number of carboxylic acid groups (broad SMARTS) is 1. The fourth-order valence-electron chi connectivity index (χ4n) is 3.64. The second kappa shape index (κ2) is 7.33. The number of rotatable bonds is 5. The molecule has 3 aromatic carbocycles. The molecule has 0 aliphatic heterocycles. The molecule has 6 heteroatoms. The Bertz CT molecular complexity index is 1340. The van der Waals surface area contributed by atoms with Crippen LogP contribution >= 0.6 is 0 Å². The number of carbonyl (C=O) groups is 1. The summed E-state index contributed by atoms with van der Waals surface area (Å²) in [6, 6.07) is 21.7. The highest BCUT2D eigenvalue weighted by Crippen LogP contribution is 2.26. The molecule has 0 spiro atoms. The molecule has 5 rings (SSSR count). The lowest BCUT2D eigenvalue weighted by Crippen LogP contribution is -2.04. The van der Waals surface area contributed by atoms with Crippen molar-refractivity contribution in [3.8, 4) is 16.8 Å². The van der Waals surface area contributed by atoms with Gasteiger partial charge in [0.2, 0.25) is 0 Å². The zero-order valence-corrected chi connectivity index (χ0v) is 16.0. The minimum Gasteiger partial charge on any atom is -0.478 e. The van der Waals surface area contributed by atoms with Crippen LogP contribution < -0.4 is 0 Å². The third kappa shape index (κ3) is 3.24. The van der Waals surface area contributed by atoms with E-state index in [0.29, 0.717) is 5.69 Å². The standard InChI is InChI=1S/C24H18N4O2/c29-24(30)20-10-9-19(13-23(20)27-12-11-25-15-27)18-7-5-17(6-8-18)14-28-16-26-21-3-1-2-4-22(21)28/h1-13,15-16H,14H2,(H,29,30). The molecule has 0 saturated heterocycles. The number of para-hydroxylation sites is 2. The third-order valence-electron chi connectivity index (χ3n) is 5.18. The molecule has 2 aromatic heterocycles. The van der Waals surface area contributed by atoms with Gasteiger partial charge in [-0.3, -0.25) is 0 Å². The Morgan fingerprint density at radius 2 is 1.73 bits per heavy atom. The molecule has 0 atom stereocenters. The van der Waals surface area contributed by atoms with E-state index in [1.54, 1.807) is 29.4 Å². The molecule has 1 N–H and O–H groups in total. The lowest BCUT2D eigenvalue weighted by molar-refractivity contribution is 0.0697. The van der Waals surface area contributed by atoms with E-state index in [0.717, 1.165) is 28.7 Å². The largest absolute Gasteiger partial charge is 0.478 e. The van der Waals surface area contributed by atoms with Gasteiger partial charge in [0.05, 0.1) is 34.9 Å². The second-order valence-corrected chi connectivity index (χ2v) is 7.07. The topological polar surface area (TPSA) is 72.9 Å². The normalized spacial score (nSPS) is 11.1. The molecule has 0 aliphatic carbocycles. The van der Waals surface area contributed by atoms with E-state index in [1.165, 1.54) is 5.56 Å². The van der Waals surface area contributed by atoms with Crippen molar-refractivity contribution >= 4 is 17.0 Å². The molecule has 0 unspecified atom stereocenters. The van der Waals surface area contributed by atoms with Gasteiger partial charge >= 0.3 is 5.97 Å². The highest BCUT2D eigenvalue weighted by molar-refractivity contribution is 5.93. The Morgan fingerprint density at radius 3 is 2.50 bits per heavy atom.